The van der Waals surface area contributed by atoms with E-state index in [9.17, 15) is 9.59 Å². The van der Waals surface area contributed by atoms with Crippen molar-refractivity contribution in [3.8, 4) is 11.3 Å². The van der Waals surface area contributed by atoms with Gasteiger partial charge in [0, 0.05) is 11.3 Å². The van der Waals surface area contributed by atoms with Gasteiger partial charge in [-0.3, -0.25) is 9.59 Å². The number of carbonyl (C=O) groups excluding carboxylic acids is 2. The van der Waals surface area contributed by atoms with E-state index in [0.29, 0.717) is 11.7 Å². The summed E-state index contributed by atoms with van der Waals surface area (Å²) in [6.07, 6.45) is 1.64. The van der Waals surface area contributed by atoms with Crippen LogP contribution < -0.4 is 10.6 Å². The zero-order chi connectivity index (χ0) is 19.8. The Morgan fingerprint density at radius 3 is 2.46 bits per heavy atom. The summed E-state index contributed by atoms with van der Waals surface area (Å²) in [4.78, 5) is 28.0. The highest BCUT2D eigenvalue weighted by atomic mass is 32.2. The fraction of sp³-hybridized carbons (Fsp3) is 0.190. The van der Waals surface area contributed by atoms with Crippen molar-refractivity contribution in [1.29, 1.82) is 0 Å². The third-order valence-corrected chi connectivity index (χ3v) is 4.78. The van der Waals surface area contributed by atoms with Crippen LogP contribution in [0.2, 0.25) is 0 Å². The minimum atomic E-state index is -0.174. The van der Waals surface area contributed by atoms with Gasteiger partial charge in [0.05, 0.1) is 24.2 Å². The summed E-state index contributed by atoms with van der Waals surface area (Å²) in [5.41, 5.74) is 2.81. The van der Waals surface area contributed by atoms with Gasteiger partial charge in [-0.05, 0) is 19.1 Å². The van der Waals surface area contributed by atoms with Gasteiger partial charge in [-0.15, -0.1) is 11.8 Å². The highest BCUT2D eigenvalue weighted by Crippen LogP contribution is 2.19. The molecule has 2 aromatic carbocycles. The summed E-state index contributed by atoms with van der Waals surface area (Å²) < 4.78 is 5.64. The molecule has 0 spiro atoms. The van der Waals surface area contributed by atoms with Crippen molar-refractivity contribution in [3.05, 3.63) is 72.2 Å². The summed E-state index contributed by atoms with van der Waals surface area (Å²) >= 11 is 1.25. The fourth-order valence-corrected chi connectivity index (χ4v) is 3.07. The first kappa shape index (κ1) is 19.7. The van der Waals surface area contributed by atoms with Gasteiger partial charge in [-0.25, -0.2) is 4.98 Å². The van der Waals surface area contributed by atoms with Gasteiger partial charge in [0.2, 0.25) is 17.7 Å². The molecule has 1 heterocycles. The molecule has 0 aliphatic heterocycles. The van der Waals surface area contributed by atoms with Crippen LogP contribution >= 0.6 is 11.8 Å². The molecule has 28 heavy (non-hydrogen) atoms. The largest absolute Gasteiger partial charge is 0.439 e. The van der Waals surface area contributed by atoms with Crippen LogP contribution in [0.4, 0.5) is 5.69 Å². The number of hydrogen-bond acceptors (Lipinski definition) is 5. The molecule has 2 N–H and O–H groups in total. The first-order valence-electron chi connectivity index (χ1n) is 8.81. The van der Waals surface area contributed by atoms with Gasteiger partial charge in [0.1, 0.15) is 0 Å². The SMILES string of the molecule is Cc1ccc(NC(=O)CSCC(=O)NCc2ncc(-c3ccccc3)o2)cc1. The molecule has 0 radical (unpaired) electrons. The number of nitrogens with one attached hydrogen (secondary N) is 2. The van der Waals surface area contributed by atoms with Gasteiger partial charge >= 0.3 is 0 Å². The Labute approximate surface area is 167 Å². The lowest BCUT2D eigenvalue weighted by molar-refractivity contribution is -0.118. The highest BCUT2D eigenvalue weighted by Gasteiger charge is 2.09. The number of nitrogens with zero attached hydrogens (tertiary/aromatic N) is 1. The number of aromatic nitrogens is 1. The van der Waals surface area contributed by atoms with E-state index in [4.69, 9.17) is 4.42 Å². The molecule has 6 nitrogen and oxygen atoms in total. The van der Waals surface area contributed by atoms with Crippen molar-refractivity contribution < 1.29 is 14.0 Å². The normalized spacial score (nSPS) is 10.5. The molecule has 0 aliphatic carbocycles. The molecule has 0 atom stereocenters. The number of benzene rings is 2. The molecule has 0 saturated carbocycles. The zero-order valence-corrected chi connectivity index (χ0v) is 16.3. The van der Waals surface area contributed by atoms with Crippen LogP contribution in [-0.4, -0.2) is 28.3 Å². The zero-order valence-electron chi connectivity index (χ0n) is 15.5. The number of anilines is 1. The minimum absolute atomic E-state index is 0.137. The number of aryl methyl sites for hydroxylation is 1. The fourth-order valence-electron chi connectivity index (χ4n) is 2.42. The summed E-state index contributed by atoms with van der Waals surface area (Å²) in [6.45, 7) is 2.20. The second-order valence-corrected chi connectivity index (χ2v) is 7.15. The van der Waals surface area contributed by atoms with Crippen molar-refractivity contribution in [2.75, 3.05) is 16.8 Å². The average molecular weight is 395 g/mol. The Bertz CT molecular complexity index is 924. The quantitative estimate of drug-likeness (QED) is 0.608. The van der Waals surface area contributed by atoms with Crippen LogP contribution in [0.5, 0.6) is 0 Å². The van der Waals surface area contributed by atoms with Crippen LogP contribution in [0.1, 0.15) is 11.5 Å². The Hall–Kier alpha value is -3.06. The minimum Gasteiger partial charge on any atom is -0.439 e. The predicted octanol–water partition coefficient (Wildman–Crippen LogP) is 3.64. The molecule has 0 aliphatic rings. The smallest absolute Gasteiger partial charge is 0.234 e. The van der Waals surface area contributed by atoms with Crippen molar-refractivity contribution >= 4 is 29.3 Å². The molecule has 0 fully saturated rings. The molecule has 0 bridgehead atoms. The Morgan fingerprint density at radius 2 is 1.71 bits per heavy atom. The van der Waals surface area contributed by atoms with Crippen molar-refractivity contribution in [2.24, 2.45) is 0 Å². The van der Waals surface area contributed by atoms with E-state index in [-0.39, 0.29) is 29.9 Å². The average Bonchev–Trinajstić information content (AvgIpc) is 3.18. The number of hydrogen-bond donors (Lipinski definition) is 2. The maximum atomic E-state index is 11.9. The lowest BCUT2D eigenvalue weighted by Gasteiger charge is -2.06. The molecule has 0 unspecified atom stereocenters. The van der Waals surface area contributed by atoms with Crippen LogP contribution in [0.3, 0.4) is 0 Å². The molecule has 3 aromatic rings. The maximum Gasteiger partial charge on any atom is 0.234 e. The molecular weight excluding hydrogens is 374 g/mol. The standard InChI is InChI=1S/C21H21N3O3S/c1-15-7-9-17(10-8-15)24-20(26)14-28-13-19(25)22-12-21-23-11-18(27-21)16-5-3-2-4-6-16/h2-11H,12-14H2,1H3,(H,22,25)(H,24,26). The summed E-state index contributed by atoms with van der Waals surface area (Å²) in [6, 6.07) is 17.2. The number of thioether (sulfide) groups is 1. The van der Waals surface area contributed by atoms with Crippen LogP contribution in [0.15, 0.2) is 65.2 Å². The van der Waals surface area contributed by atoms with E-state index in [1.54, 1.807) is 6.20 Å². The number of oxazole rings is 1. The van der Waals surface area contributed by atoms with E-state index in [2.05, 4.69) is 15.6 Å². The Balaban J connectivity index is 1.36. The number of carbonyl (C=O) groups is 2. The van der Waals surface area contributed by atoms with Gasteiger partial charge in [0.15, 0.2) is 5.76 Å². The summed E-state index contributed by atoms with van der Waals surface area (Å²) in [5, 5.41) is 5.55. The molecule has 3 rings (SSSR count). The van der Waals surface area contributed by atoms with Crippen LogP contribution in [0.25, 0.3) is 11.3 Å². The number of amides is 2. The van der Waals surface area contributed by atoms with E-state index in [1.165, 1.54) is 11.8 Å². The van der Waals surface area contributed by atoms with Crippen molar-refractivity contribution in [1.82, 2.24) is 10.3 Å². The molecule has 0 saturated heterocycles. The monoisotopic (exact) mass is 395 g/mol. The Kier molecular flexibility index (Phi) is 6.86. The van der Waals surface area contributed by atoms with Crippen molar-refractivity contribution in [2.45, 2.75) is 13.5 Å². The summed E-state index contributed by atoms with van der Waals surface area (Å²) in [7, 11) is 0. The topological polar surface area (TPSA) is 84.2 Å². The van der Waals surface area contributed by atoms with Gasteiger partial charge in [-0.1, -0.05) is 48.0 Å². The Morgan fingerprint density at radius 1 is 1.00 bits per heavy atom. The first-order valence-corrected chi connectivity index (χ1v) is 9.97. The lowest BCUT2D eigenvalue weighted by Crippen LogP contribution is -2.25. The lowest BCUT2D eigenvalue weighted by atomic mass is 10.2. The molecule has 1 aromatic heterocycles. The predicted molar refractivity (Wildman–Crippen MR) is 111 cm³/mol. The highest BCUT2D eigenvalue weighted by molar-refractivity contribution is 8.00. The molecular formula is C21H21N3O3S. The van der Waals surface area contributed by atoms with Crippen LogP contribution in [-0.2, 0) is 16.1 Å². The van der Waals surface area contributed by atoms with Crippen molar-refractivity contribution in [3.63, 3.8) is 0 Å². The van der Waals surface area contributed by atoms with E-state index in [0.717, 1.165) is 16.8 Å². The molecule has 7 heteroatoms. The third-order valence-electron chi connectivity index (χ3n) is 3.85. The van der Waals surface area contributed by atoms with Crippen LogP contribution in [0, 0.1) is 6.92 Å². The molecule has 144 valence electrons. The third kappa shape index (κ3) is 5.99. The van der Waals surface area contributed by atoms with E-state index in [1.807, 2.05) is 61.5 Å². The molecule has 2 amide bonds. The van der Waals surface area contributed by atoms with E-state index < -0.39 is 0 Å². The number of rotatable bonds is 8. The van der Waals surface area contributed by atoms with Gasteiger partial charge in [0.25, 0.3) is 0 Å². The van der Waals surface area contributed by atoms with E-state index >= 15 is 0 Å². The summed E-state index contributed by atoms with van der Waals surface area (Å²) in [5.74, 6) is 1.18. The van der Waals surface area contributed by atoms with Gasteiger partial charge in [-0.2, -0.15) is 0 Å². The first-order chi connectivity index (χ1) is 13.6. The second kappa shape index (κ2) is 9.75. The maximum absolute atomic E-state index is 11.9. The second-order valence-electron chi connectivity index (χ2n) is 6.17. The van der Waals surface area contributed by atoms with Gasteiger partial charge < -0.3 is 15.1 Å².